The fraction of sp³-hybridized carbons (Fsp3) is 0.385. The van der Waals surface area contributed by atoms with Crippen LogP contribution in [0, 0.1) is 0 Å². The molecular weight excluding hydrogens is 438 g/mol. The minimum atomic E-state index is -0.310. The number of unbranched alkanes of at least 4 members (excludes halogenated alkanes) is 4. The van der Waals surface area contributed by atoms with Crippen molar-refractivity contribution in [3.8, 4) is 5.69 Å². The van der Waals surface area contributed by atoms with Crippen LogP contribution >= 0.6 is 11.6 Å². The molecule has 0 aliphatic carbocycles. The zero-order valence-corrected chi connectivity index (χ0v) is 19.8. The van der Waals surface area contributed by atoms with Crippen molar-refractivity contribution >= 4 is 39.8 Å². The van der Waals surface area contributed by atoms with Crippen molar-refractivity contribution in [2.45, 2.75) is 51.9 Å². The second kappa shape index (κ2) is 9.87. The quantitative estimate of drug-likeness (QED) is 0.295. The number of fused-ring (bicyclic) bond motifs is 4. The number of rotatable bonds is 10. The van der Waals surface area contributed by atoms with Gasteiger partial charge in [0.05, 0.1) is 22.2 Å². The number of nitrogens with zero attached hydrogens (tertiary/aromatic N) is 3. The number of benzene rings is 2. The first-order valence-electron chi connectivity index (χ1n) is 11.5. The molecule has 2 aromatic carbocycles. The van der Waals surface area contributed by atoms with Gasteiger partial charge in [-0.1, -0.05) is 44.2 Å². The van der Waals surface area contributed by atoms with Crippen LogP contribution in [0.1, 0.15) is 68.1 Å². The number of ketones is 2. The second-order valence-corrected chi connectivity index (χ2v) is 9.08. The van der Waals surface area contributed by atoms with Crippen molar-refractivity contribution in [2.75, 3.05) is 18.5 Å². The Morgan fingerprint density at radius 3 is 2.61 bits per heavy atom. The van der Waals surface area contributed by atoms with Crippen LogP contribution in [0.2, 0.25) is 5.02 Å². The van der Waals surface area contributed by atoms with Gasteiger partial charge in [0.2, 0.25) is 5.78 Å². The molecule has 0 N–H and O–H groups in total. The van der Waals surface area contributed by atoms with Crippen molar-refractivity contribution in [3.05, 3.63) is 63.2 Å². The molecule has 6 nitrogen and oxygen atoms in total. The van der Waals surface area contributed by atoms with E-state index in [1.54, 1.807) is 30.3 Å². The van der Waals surface area contributed by atoms with Crippen LogP contribution in [0.25, 0.3) is 16.6 Å². The first-order valence-corrected chi connectivity index (χ1v) is 11.9. The summed E-state index contributed by atoms with van der Waals surface area (Å²) in [5.41, 5.74) is 1.92. The van der Waals surface area contributed by atoms with Gasteiger partial charge in [0.15, 0.2) is 5.82 Å². The van der Waals surface area contributed by atoms with E-state index >= 15 is 0 Å². The van der Waals surface area contributed by atoms with E-state index in [1.807, 2.05) is 18.0 Å². The van der Waals surface area contributed by atoms with Crippen LogP contribution in [0.4, 0.5) is 5.69 Å². The smallest absolute Gasteiger partial charge is 0.266 e. The normalized spacial score (nSPS) is 12.2. The third kappa shape index (κ3) is 4.71. The van der Waals surface area contributed by atoms with Gasteiger partial charge in [-0.2, -0.15) is 0 Å². The van der Waals surface area contributed by atoms with Gasteiger partial charge >= 0.3 is 0 Å². The van der Waals surface area contributed by atoms with Crippen molar-refractivity contribution in [1.29, 1.82) is 0 Å². The van der Waals surface area contributed by atoms with E-state index in [0.717, 1.165) is 18.5 Å². The molecule has 2 heterocycles. The molecule has 0 amide bonds. The van der Waals surface area contributed by atoms with Gasteiger partial charge in [0.25, 0.3) is 5.56 Å². The highest BCUT2D eigenvalue weighted by atomic mass is 35.5. The largest absolute Gasteiger partial charge is 0.374 e. The van der Waals surface area contributed by atoms with E-state index in [1.165, 1.54) is 23.8 Å². The molecule has 0 bridgehead atoms. The number of hydrogen-bond acceptors (Lipinski definition) is 5. The predicted molar refractivity (Wildman–Crippen MR) is 132 cm³/mol. The van der Waals surface area contributed by atoms with Crippen LogP contribution in [0.15, 0.2) is 41.2 Å². The Balaban J connectivity index is 1.50. The van der Waals surface area contributed by atoms with Crippen molar-refractivity contribution < 1.29 is 9.59 Å². The maximum Gasteiger partial charge on any atom is 0.266 e. The summed E-state index contributed by atoms with van der Waals surface area (Å²) in [6.07, 6.45) is 6.80. The van der Waals surface area contributed by atoms with Crippen molar-refractivity contribution in [1.82, 2.24) is 9.55 Å². The minimum Gasteiger partial charge on any atom is -0.374 e. The van der Waals surface area contributed by atoms with E-state index in [9.17, 15) is 14.4 Å². The van der Waals surface area contributed by atoms with E-state index in [-0.39, 0.29) is 23.0 Å². The summed E-state index contributed by atoms with van der Waals surface area (Å²) >= 11 is 6.04. The Morgan fingerprint density at radius 2 is 1.82 bits per heavy atom. The standard InChI is InChI=1S/C26H28ClN3O3/c1-3-4-5-6-7-8-19(31)13-14-29(2)18-10-11-20-22(16-18)28-25-24(32)21-15-17(27)9-12-23(21)30(25)26(20)33/h9-12,15-16H,3-8,13-14H2,1-2H3. The zero-order valence-electron chi connectivity index (χ0n) is 19.1. The summed E-state index contributed by atoms with van der Waals surface area (Å²) in [5.74, 6) is 0.0629. The van der Waals surface area contributed by atoms with Gasteiger partial charge < -0.3 is 4.90 Å². The molecule has 1 aliphatic rings. The Hall–Kier alpha value is -2.99. The molecule has 0 saturated carbocycles. The molecule has 0 spiro atoms. The molecular formula is C26H28ClN3O3. The van der Waals surface area contributed by atoms with Crippen molar-refractivity contribution in [3.63, 3.8) is 0 Å². The Kier molecular flexibility index (Phi) is 6.94. The SMILES string of the molecule is CCCCCCCC(=O)CCN(C)c1ccc2c(=O)n3c(nc2c1)C(=O)c1cc(Cl)ccc1-3. The molecule has 0 fully saturated rings. The van der Waals surface area contributed by atoms with E-state index in [4.69, 9.17) is 11.6 Å². The molecule has 33 heavy (non-hydrogen) atoms. The van der Waals surface area contributed by atoms with E-state index < -0.39 is 0 Å². The number of hydrogen-bond donors (Lipinski definition) is 0. The molecule has 7 heteroatoms. The van der Waals surface area contributed by atoms with Crippen LogP contribution in [-0.4, -0.2) is 34.7 Å². The third-order valence-corrected chi connectivity index (χ3v) is 6.46. The lowest BCUT2D eigenvalue weighted by atomic mass is 10.1. The molecule has 0 radical (unpaired) electrons. The molecule has 172 valence electrons. The van der Waals surface area contributed by atoms with E-state index in [2.05, 4.69) is 11.9 Å². The van der Waals surface area contributed by atoms with Gasteiger partial charge in [-0.25, -0.2) is 4.98 Å². The summed E-state index contributed by atoms with van der Waals surface area (Å²) in [4.78, 5) is 44.7. The number of carbonyl (C=O) groups excluding carboxylic acids is 2. The zero-order chi connectivity index (χ0) is 23.5. The van der Waals surface area contributed by atoms with E-state index in [0.29, 0.717) is 46.6 Å². The molecule has 1 aliphatic heterocycles. The predicted octanol–water partition coefficient (Wildman–Crippen LogP) is 5.34. The van der Waals surface area contributed by atoms with Gasteiger partial charge in [-0.15, -0.1) is 0 Å². The lowest BCUT2D eigenvalue weighted by molar-refractivity contribution is -0.119. The summed E-state index contributed by atoms with van der Waals surface area (Å²) in [6, 6.07) is 10.3. The summed E-state index contributed by atoms with van der Waals surface area (Å²) in [5, 5.41) is 0.876. The third-order valence-electron chi connectivity index (χ3n) is 6.23. The fourth-order valence-corrected chi connectivity index (χ4v) is 4.44. The highest BCUT2D eigenvalue weighted by Crippen LogP contribution is 2.29. The first-order chi connectivity index (χ1) is 15.9. The fourth-order valence-electron chi connectivity index (χ4n) is 4.27. The molecule has 4 rings (SSSR count). The summed E-state index contributed by atoms with van der Waals surface area (Å²) in [6.45, 7) is 2.77. The maximum absolute atomic E-state index is 13.2. The van der Waals surface area contributed by atoms with Crippen LogP contribution < -0.4 is 10.5 Å². The highest BCUT2D eigenvalue weighted by Gasteiger charge is 2.30. The summed E-state index contributed by atoms with van der Waals surface area (Å²) in [7, 11) is 1.92. The van der Waals surface area contributed by atoms with Gasteiger partial charge in [0, 0.05) is 37.1 Å². The Bertz CT molecular complexity index is 1280. The van der Waals surface area contributed by atoms with Gasteiger partial charge in [-0.3, -0.25) is 19.0 Å². The summed E-state index contributed by atoms with van der Waals surface area (Å²) < 4.78 is 1.36. The Morgan fingerprint density at radius 1 is 1.03 bits per heavy atom. The van der Waals surface area contributed by atoms with Gasteiger partial charge in [0.1, 0.15) is 5.78 Å². The lowest BCUT2D eigenvalue weighted by Gasteiger charge is -2.19. The maximum atomic E-state index is 13.2. The first kappa shape index (κ1) is 23.2. The highest BCUT2D eigenvalue weighted by molar-refractivity contribution is 6.31. The topological polar surface area (TPSA) is 72.3 Å². The average Bonchev–Trinajstić information content (AvgIpc) is 3.08. The molecule has 1 aromatic heterocycles. The van der Waals surface area contributed by atoms with Crippen molar-refractivity contribution in [2.24, 2.45) is 0 Å². The number of aromatic nitrogens is 2. The number of halogens is 1. The number of anilines is 1. The Labute approximate surface area is 198 Å². The average molecular weight is 466 g/mol. The molecule has 0 atom stereocenters. The second-order valence-electron chi connectivity index (χ2n) is 8.64. The number of Topliss-reactive ketones (excluding diaryl/α,β-unsaturated/α-hetero) is 1. The minimum absolute atomic E-state index is 0.0998. The van der Waals surface area contributed by atoms with Crippen LogP contribution in [0.3, 0.4) is 0 Å². The molecule has 3 aromatic rings. The number of carbonyl (C=O) groups is 2. The van der Waals surface area contributed by atoms with Crippen LogP contribution in [0.5, 0.6) is 0 Å². The monoisotopic (exact) mass is 465 g/mol. The van der Waals surface area contributed by atoms with Gasteiger partial charge in [-0.05, 0) is 42.8 Å². The lowest BCUT2D eigenvalue weighted by Crippen LogP contribution is -2.23. The van der Waals surface area contributed by atoms with Crippen LogP contribution in [-0.2, 0) is 4.79 Å². The molecule has 0 unspecified atom stereocenters. The molecule has 0 saturated heterocycles.